The van der Waals surface area contributed by atoms with E-state index in [0.717, 1.165) is 13.0 Å². The summed E-state index contributed by atoms with van der Waals surface area (Å²) in [6.45, 7) is 6.64. The van der Waals surface area contributed by atoms with E-state index in [0.29, 0.717) is 15.8 Å². The summed E-state index contributed by atoms with van der Waals surface area (Å²) in [6.07, 6.45) is 0.316. The second kappa shape index (κ2) is 6.15. The Balaban J connectivity index is 2.94. The van der Waals surface area contributed by atoms with E-state index in [1.807, 2.05) is 11.9 Å². The first-order valence-corrected chi connectivity index (χ1v) is 6.82. The highest BCUT2D eigenvalue weighted by Crippen LogP contribution is 2.39. The zero-order valence-corrected chi connectivity index (χ0v) is 12.0. The van der Waals surface area contributed by atoms with Gasteiger partial charge < -0.3 is 10.0 Å². The molecule has 0 fully saturated rings. The van der Waals surface area contributed by atoms with Crippen molar-refractivity contribution < 1.29 is 10.0 Å². The summed E-state index contributed by atoms with van der Waals surface area (Å²) in [6, 6.07) is 1.47. The average Bonchev–Trinajstić information content (AvgIpc) is 2.70. The molecule has 1 aromatic heterocycles. The van der Waals surface area contributed by atoms with Crippen molar-refractivity contribution >= 4 is 22.0 Å². The Kier molecular flexibility index (Phi) is 5.10. The molecule has 0 aliphatic heterocycles. The van der Waals surface area contributed by atoms with Crippen molar-refractivity contribution in [1.82, 2.24) is 0 Å². The van der Waals surface area contributed by atoms with Crippen LogP contribution in [0.5, 0.6) is 0 Å². The van der Waals surface area contributed by atoms with Crippen LogP contribution in [-0.2, 0) is 0 Å². The molecule has 0 aromatic carbocycles. The number of nitrogens with zero attached hydrogens (tertiary/aromatic N) is 2. The third-order valence-electron chi connectivity index (χ3n) is 2.71. The van der Waals surface area contributed by atoms with E-state index in [1.54, 1.807) is 6.92 Å². The molecule has 1 unspecified atom stereocenters. The lowest BCUT2D eigenvalue weighted by Gasteiger charge is -2.17. The van der Waals surface area contributed by atoms with Gasteiger partial charge in [0.25, 0.3) is 0 Å². The molecule has 0 aliphatic rings. The minimum atomic E-state index is -0.666. The second-order valence-electron chi connectivity index (χ2n) is 4.88. The van der Waals surface area contributed by atoms with Crippen molar-refractivity contribution in [2.75, 3.05) is 18.5 Å². The van der Waals surface area contributed by atoms with E-state index in [2.05, 4.69) is 13.8 Å². The largest absolute Gasteiger partial charge is 0.388 e. The standard InChI is InChI=1S/C12H20N2O3S/c1-8(2)5-6-13(4)12-10(14(16)17)7-11(18-12)9(3)15/h7-9,15H,5-6H2,1-4H3. The Labute approximate surface area is 111 Å². The molecule has 0 bridgehead atoms. The fourth-order valence-electron chi connectivity index (χ4n) is 1.55. The minimum Gasteiger partial charge on any atom is -0.388 e. The maximum Gasteiger partial charge on any atom is 0.304 e. The van der Waals surface area contributed by atoms with Gasteiger partial charge in [-0.2, -0.15) is 0 Å². The molecule has 6 heteroatoms. The zero-order valence-electron chi connectivity index (χ0n) is 11.2. The predicted molar refractivity (Wildman–Crippen MR) is 74.3 cm³/mol. The van der Waals surface area contributed by atoms with Gasteiger partial charge in [-0.15, -0.1) is 11.3 Å². The minimum absolute atomic E-state index is 0.0853. The fraction of sp³-hybridized carbons (Fsp3) is 0.667. The maximum atomic E-state index is 11.0. The number of thiophene rings is 1. The molecule has 5 nitrogen and oxygen atoms in total. The van der Waals surface area contributed by atoms with Crippen LogP contribution in [0.25, 0.3) is 0 Å². The van der Waals surface area contributed by atoms with Crippen LogP contribution in [0.2, 0.25) is 0 Å². The van der Waals surface area contributed by atoms with Gasteiger partial charge in [-0.05, 0) is 19.3 Å². The van der Waals surface area contributed by atoms with E-state index in [4.69, 9.17) is 0 Å². The predicted octanol–water partition coefficient (Wildman–Crippen LogP) is 3.19. The normalized spacial score (nSPS) is 12.8. The van der Waals surface area contributed by atoms with E-state index in [1.165, 1.54) is 17.4 Å². The quantitative estimate of drug-likeness (QED) is 0.638. The second-order valence-corrected chi connectivity index (χ2v) is 5.94. The van der Waals surface area contributed by atoms with E-state index < -0.39 is 6.10 Å². The molecule has 0 saturated heterocycles. The van der Waals surface area contributed by atoms with Crippen molar-refractivity contribution in [3.05, 3.63) is 21.1 Å². The molecule has 0 amide bonds. The molecule has 1 N–H and O–H groups in total. The summed E-state index contributed by atoms with van der Waals surface area (Å²) in [5, 5.41) is 21.1. The van der Waals surface area contributed by atoms with Gasteiger partial charge in [0, 0.05) is 24.5 Å². The van der Waals surface area contributed by atoms with Crippen LogP contribution in [0.3, 0.4) is 0 Å². The van der Waals surface area contributed by atoms with Gasteiger partial charge in [0.2, 0.25) is 0 Å². The van der Waals surface area contributed by atoms with Crippen LogP contribution >= 0.6 is 11.3 Å². The first-order chi connectivity index (χ1) is 8.32. The lowest BCUT2D eigenvalue weighted by Crippen LogP contribution is -2.19. The monoisotopic (exact) mass is 272 g/mol. The van der Waals surface area contributed by atoms with Crippen LogP contribution < -0.4 is 4.90 Å². The molecular formula is C12H20N2O3S. The number of aliphatic hydroxyl groups is 1. The first-order valence-electron chi connectivity index (χ1n) is 6.00. The molecule has 0 saturated carbocycles. The first kappa shape index (κ1) is 14.9. The Hall–Kier alpha value is -1.14. The number of aliphatic hydroxyl groups excluding tert-OH is 1. The third-order valence-corrected chi connectivity index (χ3v) is 4.12. The smallest absolute Gasteiger partial charge is 0.304 e. The summed E-state index contributed by atoms with van der Waals surface area (Å²) < 4.78 is 0. The number of anilines is 1. The number of hydrogen-bond acceptors (Lipinski definition) is 5. The molecular weight excluding hydrogens is 252 g/mol. The fourth-order valence-corrected chi connectivity index (χ4v) is 2.60. The maximum absolute atomic E-state index is 11.0. The van der Waals surface area contributed by atoms with Crippen molar-refractivity contribution in [2.24, 2.45) is 5.92 Å². The highest BCUT2D eigenvalue weighted by atomic mass is 32.1. The molecule has 102 valence electrons. The van der Waals surface area contributed by atoms with Crippen LogP contribution in [0.15, 0.2) is 6.07 Å². The van der Waals surface area contributed by atoms with E-state index in [9.17, 15) is 15.2 Å². The van der Waals surface area contributed by atoms with Gasteiger partial charge in [0.15, 0.2) is 5.00 Å². The average molecular weight is 272 g/mol. The summed E-state index contributed by atoms with van der Waals surface area (Å²) in [5.74, 6) is 0.558. The Morgan fingerprint density at radius 2 is 2.11 bits per heavy atom. The summed E-state index contributed by atoms with van der Waals surface area (Å²) in [7, 11) is 1.85. The van der Waals surface area contributed by atoms with Gasteiger partial charge in [0.1, 0.15) is 0 Å². The third kappa shape index (κ3) is 3.68. The number of hydrogen-bond donors (Lipinski definition) is 1. The Bertz CT molecular complexity index is 415. The summed E-state index contributed by atoms with van der Waals surface area (Å²) in [4.78, 5) is 13.1. The zero-order chi connectivity index (χ0) is 13.9. The summed E-state index contributed by atoms with van der Waals surface area (Å²) in [5.41, 5.74) is 0.0853. The van der Waals surface area contributed by atoms with Crippen LogP contribution in [0.1, 0.15) is 38.2 Å². The molecule has 0 radical (unpaired) electrons. The lowest BCUT2D eigenvalue weighted by atomic mass is 10.1. The van der Waals surface area contributed by atoms with Crippen LogP contribution in [0.4, 0.5) is 10.7 Å². The number of rotatable bonds is 6. The Morgan fingerprint density at radius 3 is 2.56 bits per heavy atom. The van der Waals surface area contributed by atoms with Crippen LogP contribution in [0, 0.1) is 16.0 Å². The lowest BCUT2D eigenvalue weighted by molar-refractivity contribution is -0.383. The Morgan fingerprint density at radius 1 is 1.50 bits per heavy atom. The molecule has 1 rings (SSSR count). The molecule has 1 atom stereocenters. The highest BCUT2D eigenvalue weighted by Gasteiger charge is 2.23. The van der Waals surface area contributed by atoms with Crippen molar-refractivity contribution in [3.63, 3.8) is 0 Å². The van der Waals surface area contributed by atoms with Crippen LogP contribution in [-0.4, -0.2) is 23.6 Å². The van der Waals surface area contributed by atoms with Crippen molar-refractivity contribution in [1.29, 1.82) is 0 Å². The molecule has 1 heterocycles. The molecule has 1 aromatic rings. The van der Waals surface area contributed by atoms with Gasteiger partial charge in [-0.1, -0.05) is 13.8 Å². The topological polar surface area (TPSA) is 66.6 Å². The van der Waals surface area contributed by atoms with Crippen molar-refractivity contribution in [2.45, 2.75) is 33.3 Å². The molecule has 0 spiro atoms. The SMILES string of the molecule is CC(C)CCN(C)c1sc(C(C)O)cc1[N+](=O)[O-]. The van der Waals surface area contributed by atoms with Gasteiger partial charge >= 0.3 is 5.69 Å². The number of nitro groups is 1. The van der Waals surface area contributed by atoms with E-state index in [-0.39, 0.29) is 10.6 Å². The van der Waals surface area contributed by atoms with Crippen molar-refractivity contribution in [3.8, 4) is 0 Å². The van der Waals surface area contributed by atoms with Gasteiger partial charge in [-0.25, -0.2) is 0 Å². The molecule has 18 heavy (non-hydrogen) atoms. The van der Waals surface area contributed by atoms with Gasteiger partial charge in [0.05, 0.1) is 11.0 Å². The highest BCUT2D eigenvalue weighted by molar-refractivity contribution is 7.16. The molecule has 0 aliphatic carbocycles. The summed E-state index contributed by atoms with van der Waals surface area (Å²) >= 11 is 1.29. The van der Waals surface area contributed by atoms with Gasteiger partial charge in [-0.3, -0.25) is 10.1 Å². The van der Waals surface area contributed by atoms with E-state index >= 15 is 0 Å².